The molecule has 2 rings (SSSR count). The van der Waals surface area contributed by atoms with Crippen LogP contribution in [0, 0.1) is 17.2 Å². The molecule has 1 saturated heterocycles. The van der Waals surface area contributed by atoms with Crippen molar-refractivity contribution in [2.75, 3.05) is 26.7 Å². The molecule has 0 bridgehead atoms. The lowest BCUT2D eigenvalue weighted by Gasteiger charge is -2.11. The predicted molar refractivity (Wildman–Crippen MR) is 69.8 cm³/mol. The number of nitrogens with one attached hydrogen (secondary N) is 1. The van der Waals surface area contributed by atoms with Gasteiger partial charge in [0, 0.05) is 13.1 Å². The molecule has 1 aliphatic heterocycles. The van der Waals surface area contributed by atoms with E-state index < -0.39 is 10.0 Å². The SMILES string of the molecule is CN1CCC(CNS(=O)(=O)c2ccc(C#N)s2)C1. The van der Waals surface area contributed by atoms with Gasteiger partial charge in [-0.1, -0.05) is 0 Å². The van der Waals surface area contributed by atoms with E-state index in [1.807, 2.05) is 13.1 Å². The average molecular weight is 285 g/mol. The van der Waals surface area contributed by atoms with E-state index in [1.165, 1.54) is 12.1 Å². The van der Waals surface area contributed by atoms with Crippen molar-refractivity contribution < 1.29 is 8.42 Å². The van der Waals surface area contributed by atoms with E-state index in [1.54, 1.807) is 0 Å². The number of hydrogen-bond acceptors (Lipinski definition) is 5. The minimum atomic E-state index is -3.46. The van der Waals surface area contributed by atoms with Crippen molar-refractivity contribution in [1.29, 1.82) is 5.26 Å². The summed E-state index contributed by atoms with van der Waals surface area (Å²) in [5.41, 5.74) is 0. The van der Waals surface area contributed by atoms with Gasteiger partial charge in [-0.25, -0.2) is 13.1 Å². The van der Waals surface area contributed by atoms with Gasteiger partial charge >= 0.3 is 0 Å². The fourth-order valence-corrected chi connectivity index (χ4v) is 4.28. The minimum Gasteiger partial charge on any atom is -0.306 e. The quantitative estimate of drug-likeness (QED) is 0.890. The molecule has 0 spiro atoms. The van der Waals surface area contributed by atoms with Crippen molar-refractivity contribution >= 4 is 21.4 Å². The molecular weight excluding hydrogens is 270 g/mol. The predicted octanol–water partition coefficient (Wildman–Crippen LogP) is 0.850. The summed E-state index contributed by atoms with van der Waals surface area (Å²) < 4.78 is 26.8. The average Bonchev–Trinajstić information content (AvgIpc) is 2.95. The molecule has 1 aromatic rings. The van der Waals surface area contributed by atoms with Crippen LogP contribution < -0.4 is 4.72 Å². The third kappa shape index (κ3) is 3.09. The van der Waals surface area contributed by atoms with Crippen LogP contribution in [-0.2, 0) is 10.0 Å². The summed E-state index contributed by atoms with van der Waals surface area (Å²) in [4.78, 5) is 2.61. The van der Waals surface area contributed by atoms with Crippen molar-refractivity contribution in [3.05, 3.63) is 17.0 Å². The van der Waals surface area contributed by atoms with E-state index >= 15 is 0 Å². The lowest BCUT2D eigenvalue weighted by molar-refractivity contribution is 0.394. The van der Waals surface area contributed by atoms with Gasteiger partial charge in [-0.2, -0.15) is 5.26 Å². The van der Waals surface area contributed by atoms with Crippen LogP contribution in [0.4, 0.5) is 0 Å². The summed E-state index contributed by atoms with van der Waals surface area (Å²) in [6.45, 7) is 2.41. The maximum absolute atomic E-state index is 12.0. The zero-order valence-electron chi connectivity index (χ0n) is 10.1. The summed E-state index contributed by atoms with van der Waals surface area (Å²) >= 11 is 1.00. The van der Waals surface area contributed by atoms with Gasteiger partial charge in [0.2, 0.25) is 10.0 Å². The Bertz CT molecular complexity index is 559. The Morgan fingerprint density at radius 3 is 2.94 bits per heavy atom. The van der Waals surface area contributed by atoms with E-state index in [0.717, 1.165) is 30.8 Å². The summed E-state index contributed by atoms with van der Waals surface area (Å²) in [6.07, 6.45) is 1.02. The third-order valence-corrected chi connectivity index (χ3v) is 5.91. The van der Waals surface area contributed by atoms with Crippen molar-refractivity contribution in [3.63, 3.8) is 0 Å². The first-order chi connectivity index (χ1) is 8.51. The number of nitriles is 1. The van der Waals surface area contributed by atoms with Gasteiger partial charge in [-0.3, -0.25) is 0 Å². The molecule has 0 aromatic carbocycles. The maximum atomic E-state index is 12.0. The van der Waals surface area contributed by atoms with Crippen LogP contribution in [0.3, 0.4) is 0 Å². The van der Waals surface area contributed by atoms with Crippen molar-refractivity contribution in [1.82, 2.24) is 9.62 Å². The number of sulfonamides is 1. The smallest absolute Gasteiger partial charge is 0.250 e. The first-order valence-corrected chi connectivity index (χ1v) is 7.99. The van der Waals surface area contributed by atoms with Crippen LogP contribution in [0.15, 0.2) is 16.3 Å². The molecule has 1 aromatic heterocycles. The summed E-state index contributed by atoms with van der Waals surface area (Å²) in [5.74, 6) is 0.375. The molecule has 0 radical (unpaired) electrons. The number of rotatable bonds is 4. The molecular formula is C11H15N3O2S2. The number of nitrogens with zero attached hydrogens (tertiary/aromatic N) is 2. The standard InChI is InChI=1S/C11H15N3O2S2/c1-14-5-4-9(8-14)7-13-18(15,16)11-3-2-10(6-12)17-11/h2-3,9,13H,4-5,7-8H2,1H3. The number of hydrogen-bond donors (Lipinski definition) is 1. The molecule has 1 N–H and O–H groups in total. The molecule has 18 heavy (non-hydrogen) atoms. The van der Waals surface area contributed by atoms with E-state index in [9.17, 15) is 8.42 Å². The van der Waals surface area contributed by atoms with E-state index in [2.05, 4.69) is 9.62 Å². The molecule has 1 atom stereocenters. The molecule has 2 heterocycles. The molecule has 0 aliphatic carbocycles. The fourth-order valence-electron chi connectivity index (χ4n) is 2.02. The van der Waals surface area contributed by atoms with Crippen LogP contribution in [-0.4, -0.2) is 40.0 Å². The van der Waals surface area contributed by atoms with Gasteiger partial charge in [-0.05, 0) is 38.1 Å². The highest BCUT2D eigenvalue weighted by Gasteiger charge is 2.23. The Labute approximate surface area is 111 Å². The third-order valence-electron chi connectivity index (χ3n) is 3.01. The lowest BCUT2D eigenvalue weighted by atomic mass is 10.1. The largest absolute Gasteiger partial charge is 0.306 e. The van der Waals surface area contributed by atoms with E-state index in [4.69, 9.17) is 5.26 Å². The van der Waals surface area contributed by atoms with Gasteiger partial charge in [0.25, 0.3) is 0 Å². The highest BCUT2D eigenvalue weighted by molar-refractivity contribution is 7.91. The Hall–Kier alpha value is -0.940. The first-order valence-electron chi connectivity index (χ1n) is 5.69. The fraction of sp³-hybridized carbons (Fsp3) is 0.545. The van der Waals surface area contributed by atoms with Gasteiger partial charge in [0.05, 0.1) is 0 Å². The van der Waals surface area contributed by atoms with Crippen LogP contribution in [0.25, 0.3) is 0 Å². The van der Waals surface area contributed by atoms with E-state index in [-0.39, 0.29) is 4.21 Å². The molecule has 1 aliphatic rings. The lowest BCUT2D eigenvalue weighted by Crippen LogP contribution is -2.30. The second-order valence-electron chi connectivity index (χ2n) is 4.50. The van der Waals surface area contributed by atoms with Gasteiger partial charge in [-0.15, -0.1) is 11.3 Å². The molecule has 5 nitrogen and oxygen atoms in total. The van der Waals surface area contributed by atoms with Crippen LogP contribution in [0.1, 0.15) is 11.3 Å². The summed E-state index contributed by atoms with van der Waals surface area (Å²) in [5, 5.41) is 8.69. The van der Waals surface area contributed by atoms with E-state index in [0.29, 0.717) is 17.3 Å². The second kappa shape index (κ2) is 5.36. The Balaban J connectivity index is 1.97. The normalized spacial score (nSPS) is 21.0. The second-order valence-corrected chi connectivity index (χ2v) is 7.58. The Morgan fingerprint density at radius 1 is 1.61 bits per heavy atom. The molecule has 1 unspecified atom stereocenters. The van der Waals surface area contributed by atoms with Crippen LogP contribution in [0.2, 0.25) is 0 Å². The molecule has 98 valence electrons. The highest BCUT2D eigenvalue weighted by atomic mass is 32.2. The Kier molecular flexibility index (Phi) is 4.02. The zero-order valence-corrected chi connectivity index (χ0v) is 11.7. The monoisotopic (exact) mass is 285 g/mol. The van der Waals surface area contributed by atoms with Crippen molar-refractivity contribution in [2.24, 2.45) is 5.92 Å². The molecule has 1 fully saturated rings. The van der Waals surface area contributed by atoms with Crippen molar-refractivity contribution in [2.45, 2.75) is 10.6 Å². The Morgan fingerprint density at radius 2 is 2.39 bits per heavy atom. The molecule has 7 heteroatoms. The first kappa shape index (κ1) is 13.5. The topological polar surface area (TPSA) is 73.2 Å². The highest BCUT2D eigenvalue weighted by Crippen LogP contribution is 2.21. The summed E-state index contributed by atoms with van der Waals surface area (Å²) in [7, 11) is -1.42. The molecule has 0 amide bonds. The zero-order chi connectivity index (χ0) is 13.2. The van der Waals surface area contributed by atoms with Crippen LogP contribution in [0.5, 0.6) is 0 Å². The number of thiophene rings is 1. The van der Waals surface area contributed by atoms with Gasteiger partial charge < -0.3 is 4.90 Å². The van der Waals surface area contributed by atoms with Crippen molar-refractivity contribution in [3.8, 4) is 6.07 Å². The van der Waals surface area contributed by atoms with Gasteiger partial charge in [0.15, 0.2) is 0 Å². The van der Waals surface area contributed by atoms with Crippen LogP contribution >= 0.6 is 11.3 Å². The molecule has 0 saturated carbocycles. The summed E-state index contributed by atoms with van der Waals surface area (Å²) in [6, 6.07) is 4.95. The number of likely N-dealkylation sites (tertiary alicyclic amines) is 1. The van der Waals surface area contributed by atoms with Gasteiger partial charge in [0.1, 0.15) is 15.2 Å². The minimum absolute atomic E-state index is 0.213. The maximum Gasteiger partial charge on any atom is 0.250 e.